The highest BCUT2D eigenvalue weighted by atomic mass is 19.4. The van der Waals surface area contributed by atoms with Crippen molar-refractivity contribution in [1.29, 1.82) is 0 Å². The molecule has 0 atom stereocenters. The van der Waals surface area contributed by atoms with Gasteiger partial charge in [0.2, 0.25) is 5.91 Å². The Labute approximate surface area is 204 Å². The van der Waals surface area contributed by atoms with E-state index in [0.717, 1.165) is 75.6 Å². The number of carbonyl (C=O) groups is 1. The van der Waals surface area contributed by atoms with E-state index in [2.05, 4.69) is 37.2 Å². The number of halogens is 3. The number of hydrogen-bond acceptors (Lipinski definition) is 6. The van der Waals surface area contributed by atoms with Gasteiger partial charge in [0, 0.05) is 64.1 Å². The summed E-state index contributed by atoms with van der Waals surface area (Å²) in [5.41, 5.74) is 0.405. The van der Waals surface area contributed by atoms with Gasteiger partial charge in [-0.15, -0.1) is 0 Å². The van der Waals surface area contributed by atoms with Crippen molar-refractivity contribution in [3.8, 4) is 0 Å². The average Bonchev–Trinajstić information content (AvgIpc) is 2.85. The number of piperidine rings is 1. The Kier molecular flexibility index (Phi) is 8.10. The molecule has 0 unspecified atom stereocenters. The summed E-state index contributed by atoms with van der Waals surface area (Å²) in [5, 5.41) is 3.19. The van der Waals surface area contributed by atoms with Crippen LogP contribution in [0.5, 0.6) is 0 Å². The summed E-state index contributed by atoms with van der Waals surface area (Å²) in [5.74, 6) is 1.64. The molecular formula is C25H33F3N6O. The third-order valence-electron chi connectivity index (χ3n) is 6.75. The maximum atomic E-state index is 12.7. The molecule has 0 spiro atoms. The van der Waals surface area contributed by atoms with Crippen molar-refractivity contribution >= 4 is 17.5 Å². The molecule has 0 bridgehead atoms. The van der Waals surface area contributed by atoms with Crippen molar-refractivity contribution in [3.63, 3.8) is 0 Å². The molecule has 0 aliphatic carbocycles. The minimum atomic E-state index is -4.38. The van der Waals surface area contributed by atoms with Crippen LogP contribution in [0.2, 0.25) is 0 Å². The van der Waals surface area contributed by atoms with Crippen LogP contribution < -0.4 is 10.2 Å². The van der Waals surface area contributed by atoms with E-state index in [0.29, 0.717) is 25.3 Å². The number of piperazine rings is 1. The molecular weight excluding hydrogens is 457 g/mol. The predicted molar refractivity (Wildman–Crippen MR) is 129 cm³/mol. The van der Waals surface area contributed by atoms with Gasteiger partial charge < -0.3 is 15.1 Å². The van der Waals surface area contributed by atoms with E-state index >= 15 is 0 Å². The van der Waals surface area contributed by atoms with Crippen molar-refractivity contribution in [1.82, 2.24) is 19.8 Å². The predicted octanol–water partition coefficient (Wildman–Crippen LogP) is 3.81. The van der Waals surface area contributed by atoms with E-state index in [9.17, 15) is 18.0 Å². The normalized spacial score (nSPS) is 18.1. The molecule has 4 rings (SSSR count). The number of nitrogens with zero attached hydrogens (tertiary/aromatic N) is 5. The van der Waals surface area contributed by atoms with Gasteiger partial charge >= 0.3 is 6.18 Å². The Hall–Kier alpha value is -2.88. The Balaban J connectivity index is 1.11. The number of rotatable bonds is 7. The van der Waals surface area contributed by atoms with Gasteiger partial charge in [0.15, 0.2) is 0 Å². The zero-order chi connectivity index (χ0) is 24.8. The smallest absolute Gasteiger partial charge is 0.367 e. The standard InChI is InChI=1S/C25H33F3N6O/c1-19-4-7-23(30-17-19)33-15-13-32(14-16-33)10-2-3-24(35)34-11-8-21(9-12-34)31-22-6-5-20(18-29-22)25(26,27)28/h4-7,17-18,21H,2-3,8-16H2,1H3,(H,29,31). The minimum Gasteiger partial charge on any atom is -0.367 e. The number of hydrogen-bond donors (Lipinski definition) is 1. The fourth-order valence-corrected chi connectivity index (χ4v) is 4.59. The minimum absolute atomic E-state index is 0.0996. The van der Waals surface area contributed by atoms with Crippen LogP contribution in [0, 0.1) is 6.92 Å². The van der Waals surface area contributed by atoms with E-state index < -0.39 is 11.7 Å². The van der Waals surface area contributed by atoms with Crippen molar-refractivity contribution in [2.75, 3.05) is 56.0 Å². The Bertz CT molecular complexity index is 951. The van der Waals surface area contributed by atoms with Gasteiger partial charge in [0.25, 0.3) is 0 Å². The third-order valence-corrected chi connectivity index (χ3v) is 6.75. The van der Waals surface area contributed by atoms with Crippen LogP contribution in [0.3, 0.4) is 0 Å². The van der Waals surface area contributed by atoms with Crippen LogP contribution in [-0.4, -0.2) is 77.5 Å². The number of aromatic nitrogens is 2. The van der Waals surface area contributed by atoms with Crippen molar-refractivity contribution in [3.05, 3.63) is 47.8 Å². The number of nitrogens with one attached hydrogen (secondary N) is 1. The first-order valence-electron chi connectivity index (χ1n) is 12.3. The van der Waals surface area contributed by atoms with Crippen molar-refractivity contribution in [2.24, 2.45) is 0 Å². The molecule has 1 amide bonds. The second-order valence-corrected chi connectivity index (χ2v) is 9.36. The van der Waals surface area contributed by atoms with Crippen LogP contribution in [0.4, 0.5) is 24.8 Å². The largest absolute Gasteiger partial charge is 0.417 e. The molecule has 2 aromatic rings. The zero-order valence-corrected chi connectivity index (χ0v) is 20.1. The van der Waals surface area contributed by atoms with E-state index in [-0.39, 0.29) is 11.9 Å². The molecule has 0 radical (unpaired) electrons. The summed E-state index contributed by atoms with van der Waals surface area (Å²) in [7, 11) is 0. The van der Waals surface area contributed by atoms with E-state index in [1.165, 1.54) is 6.07 Å². The van der Waals surface area contributed by atoms with Crippen LogP contribution >= 0.6 is 0 Å². The lowest BCUT2D eigenvalue weighted by molar-refractivity contribution is -0.137. The first-order valence-corrected chi connectivity index (χ1v) is 12.3. The molecule has 2 aliphatic rings. The third kappa shape index (κ3) is 7.06. The molecule has 35 heavy (non-hydrogen) atoms. The maximum Gasteiger partial charge on any atom is 0.417 e. The first kappa shape index (κ1) is 25.2. The van der Waals surface area contributed by atoms with E-state index in [4.69, 9.17) is 0 Å². The molecule has 1 N–H and O–H groups in total. The number of aryl methyl sites for hydroxylation is 1. The molecule has 10 heteroatoms. The average molecular weight is 491 g/mol. The lowest BCUT2D eigenvalue weighted by Crippen LogP contribution is -2.47. The second-order valence-electron chi connectivity index (χ2n) is 9.36. The highest BCUT2D eigenvalue weighted by Crippen LogP contribution is 2.29. The Morgan fingerprint density at radius 3 is 2.34 bits per heavy atom. The summed E-state index contributed by atoms with van der Waals surface area (Å²) >= 11 is 0. The fourth-order valence-electron chi connectivity index (χ4n) is 4.59. The van der Waals surface area contributed by atoms with Crippen LogP contribution in [0.15, 0.2) is 36.7 Å². The van der Waals surface area contributed by atoms with Crippen LogP contribution in [-0.2, 0) is 11.0 Å². The van der Waals surface area contributed by atoms with Gasteiger partial charge in [0.05, 0.1) is 5.56 Å². The SMILES string of the molecule is Cc1ccc(N2CCN(CCCC(=O)N3CCC(Nc4ccc(C(F)(F)F)cn4)CC3)CC2)nc1. The van der Waals surface area contributed by atoms with E-state index in [1.807, 2.05) is 18.0 Å². The number of pyridine rings is 2. The number of carbonyl (C=O) groups excluding carboxylic acids is 1. The van der Waals surface area contributed by atoms with Crippen molar-refractivity contribution < 1.29 is 18.0 Å². The Morgan fingerprint density at radius 1 is 1.00 bits per heavy atom. The van der Waals surface area contributed by atoms with Crippen LogP contribution in [0.25, 0.3) is 0 Å². The molecule has 2 fully saturated rings. The van der Waals surface area contributed by atoms with Gasteiger partial charge in [-0.3, -0.25) is 9.69 Å². The summed E-state index contributed by atoms with van der Waals surface area (Å²) in [4.78, 5) is 27.7. The number of amides is 1. The number of alkyl halides is 3. The molecule has 2 aromatic heterocycles. The summed E-state index contributed by atoms with van der Waals surface area (Å²) in [6.45, 7) is 8.08. The molecule has 7 nitrogen and oxygen atoms in total. The summed E-state index contributed by atoms with van der Waals surface area (Å²) in [6, 6.07) is 6.65. The van der Waals surface area contributed by atoms with Gasteiger partial charge in [-0.25, -0.2) is 9.97 Å². The first-order chi connectivity index (χ1) is 16.8. The molecule has 0 saturated carbocycles. The summed E-state index contributed by atoms with van der Waals surface area (Å²) in [6.07, 6.45) is 1.25. The lowest BCUT2D eigenvalue weighted by Gasteiger charge is -2.35. The van der Waals surface area contributed by atoms with E-state index in [1.54, 1.807) is 0 Å². The maximum absolute atomic E-state index is 12.7. The van der Waals surface area contributed by atoms with Gasteiger partial charge in [-0.2, -0.15) is 13.2 Å². The molecule has 4 heterocycles. The summed E-state index contributed by atoms with van der Waals surface area (Å²) < 4.78 is 38.0. The molecule has 0 aromatic carbocycles. The number of likely N-dealkylation sites (tertiary alicyclic amines) is 1. The Morgan fingerprint density at radius 2 is 1.74 bits per heavy atom. The highest BCUT2D eigenvalue weighted by molar-refractivity contribution is 5.76. The topological polar surface area (TPSA) is 64.6 Å². The lowest BCUT2D eigenvalue weighted by atomic mass is 10.0. The molecule has 190 valence electrons. The zero-order valence-electron chi connectivity index (χ0n) is 20.1. The monoisotopic (exact) mass is 490 g/mol. The highest BCUT2D eigenvalue weighted by Gasteiger charge is 2.31. The van der Waals surface area contributed by atoms with Gasteiger partial charge in [0.1, 0.15) is 11.6 Å². The molecule has 2 aliphatic heterocycles. The van der Waals surface area contributed by atoms with Crippen molar-refractivity contribution in [2.45, 2.75) is 44.8 Å². The number of anilines is 2. The quantitative estimate of drug-likeness (QED) is 0.637. The van der Waals surface area contributed by atoms with Gasteiger partial charge in [-0.05, 0) is 56.5 Å². The fraction of sp³-hybridized carbons (Fsp3) is 0.560. The second kappa shape index (κ2) is 11.2. The molecule has 2 saturated heterocycles. The van der Waals surface area contributed by atoms with Crippen LogP contribution in [0.1, 0.15) is 36.8 Å². The van der Waals surface area contributed by atoms with Gasteiger partial charge in [-0.1, -0.05) is 6.07 Å².